The standard InChI is InChI=1S/C25H19ClF3NO3/c26-17-7-9-22(33-14-15-4-2-1-3-5-15)20(13-17)23-18(10-11-31)24(32)30-21-8-6-16(12-19(21)23)25(27,28)29/h1-9,12-13,31H,10-11,14H2,(H,30,32). The summed E-state index contributed by atoms with van der Waals surface area (Å²) in [6, 6.07) is 17.3. The molecule has 4 rings (SSSR count). The number of aromatic nitrogens is 1. The van der Waals surface area contributed by atoms with E-state index in [1.807, 2.05) is 30.3 Å². The number of hydrogen-bond donors (Lipinski definition) is 2. The Bertz CT molecular complexity index is 1350. The number of rotatable bonds is 6. The van der Waals surface area contributed by atoms with Crippen LogP contribution in [0, 0.1) is 0 Å². The summed E-state index contributed by atoms with van der Waals surface area (Å²) in [5.74, 6) is 0.353. The molecule has 2 N–H and O–H groups in total. The molecule has 0 atom stereocenters. The van der Waals surface area contributed by atoms with Gasteiger partial charge >= 0.3 is 6.18 Å². The summed E-state index contributed by atoms with van der Waals surface area (Å²) in [4.78, 5) is 15.4. The van der Waals surface area contributed by atoms with Crippen LogP contribution < -0.4 is 10.3 Å². The Balaban J connectivity index is 1.96. The number of nitrogens with one attached hydrogen (secondary N) is 1. The minimum absolute atomic E-state index is 0.0541. The molecule has 1 aromatic heterocycles. The van der Waals surface area contributed by atoms with Crippen molar-refractivity contribution in [2.45, 2.75) is 19.2 Å². The largest absolute Gasteiger partial charge is 0.488 e. The molecule has 0 aliphatic heterocycles. The fraction of sp³-hybridized carbons (Fsp3) is 0.160. The van der Waals surface area contributed by atoms with Gasteiger partial charge in [0.2, 0.25) is 0 Å². The molecule has 0 spiro atoms. The maximum absolute atomic E-state index is 13.5. The Hall–Kier alpha value is -3.29. The van der Waals surface area contributed by atoms with Crippen LogP contribution in [0.3, 0.4) is 0 Å². The zero-order chi connectivity index (χ0) is 23.6. The molecule has 0 aliphatic carbocycles. The van der Waals surface area contributed by atoms with Gasteiger partial charge in [-0.2, -0.15) is 13.2 Å². The molecule has 0 saturated heterocycles. The van der Waals surface area contributed by atoms with Crippen molar-refractivity contribution >= 4 is 22.5 Å². The minimum Gasteiger partial charge on any atom is -0.488 e. The Morgan fingerprint density at radius 2 is 1.76 bits per heavy atom. The first-order valence-corrected chi connectivity index (χ1v) is 10.5. The molecule has 0 aliphatic rings. The lowest BCUT2D eigenvalue weighted by atomic mass is 9.93. The molecule has 0 amide bonds. The van der Waals surface area contributed by atoms with Gasteiger partial charge in [-0.1, -0.05) is 41.9 Å². The first kappa shape index (κ1) is 22.9. The van der Waals surface area contributed by atoms with Crippen LogP contribution in [0.15, 0.2) is 71.5 Å². The van der Waals surface area contributed by atoms with Crippen molar-refractivity contribution in [1.82, 2.24) is 4.98 Å². The number of H-pyrrole nitrogens is 1. The van der Waals surface area contributed by atoms with Crippen molar-refractivity contribution in [2.75, 3.05) is 6.61 Å². The van der Waals surface area contributed by atoms with Crippen molar-refractivity contribution in [3.8, 4) is 16.9 Å². The van der Waals surface area contributed by atoms with Crippen LogP contribution in [-0.2, 0) is 19.2 Å². The van der Waals surface area contributed by atoms with E-state index in [2.05, 4.69) is 4.98 Å². The topological polar surface area (TPSA) is 62.3 Å². The number of aromatic amines is 1. The monoisotopic (exact) mass is 473 g/mol. The van der Waals surface area contributed by atoms with E-state index in [1.165, 1.54) is 6.07 Å². The van der Waals surface area contributed by atoms with Gasteiger partial charge in [-0.15, -0.1) is 0 Å². The SMILES string of the molecule is O=c1[nH]c2ccc(C(F)(F)F)cc2c(-c2cc(Cl)ccc2OCc2ccccc2)c1CCO. The van der Waals surface area contributed by atoms with Crippen molar-refractivity contribution in [3.05, 3.63) is 98.8 Å². The molecule has 0 unspecified atom stereocenters. The Labute approximate surface area is 192 Å². The second-order valence-corrected chi connectivity index (χ2v) is 7.89. The zero-order valence-electron chi connectivity index (χ0n) is 17.2. The highest BCUT2D eigenvalue weighted by Crippen LogP contribution is 2.40. The first-order chi connectivity index (χ1) is 15.8. The second-order valence-electron chi connectivity index (χ2n) is 7.45. The summed E-state index contributed by atoms with van der Waals surface area (Å²) in [6.07, 6.45) is -4.62. The van der Waals surface area contributed by atoms with E-state index in [0.29, 0.717) is 16.3 Å². The number of alkyl halides is 3. The summed E-state index contributed by atoms with van der Waals surface area (Å²) in [6.45, 7) is -0.152. The number of hydrogen-bond acceptors (Lipinski definition) is 3. The quantitative estimate of drug-likeness (QED) is 0.362. The maximum Gasteiger partial charge on any atom is 0.416 e. The first-order valence-electron chi connectivity index (χ1n) is 10.1. The predicted octanol–water partition coefficient (Wildman–Crippen LogP) is 5.98. The molecule has 4 aromatic rings. The number of aliphatic hydroxyl groups is 1. The highest BCUT2D eigenvalue weighted by Gasteiger charge is 2.31. The molecule has 33 heavy (non-hydrogen) atoms. The van der Waals surface area contributed by atoms with Crippen molar-refractivity contribution in [2.24, 2.45) is 0 Å². The van der Waals surface area contributed by atoms with Crippen LogP contribution in [0.5, 0.6) is 5.75 Å². The highest BCUT2D eigenvalue weighted by molar-refractivity contribution is 6.31. The highest BCUT2D eigenvalue weighted by atomic mass is 35.5. The molecule has 0 radical (unpaired) electrons. The number of fused-ring (bicyclic) bond motifs is 1. The average Bonchev–Trinajstić information content (AvgIpc) is 2.78. The minimum atomic E-state index is -4.57. The van der Waals surface area contributed by atoms with Gasteiger partial charge < -0.3 is 14.8 Å². The third-order valence-electron chi connectivity index (χ3n) is 5.25. The van der Waals surface area contributed by atoms with Crippen molar-refractivity contribution in [3.63, 3.8) is 0 Å². The van der Waals surface area contributed by atoms with Crippen molar-refractivity contribution in [1.29, 1.82) is 0 Å². The van der Waals surface area contributed by atoms with E-state index >= 15 is 0 Å². The number of aliphatic hydroxyl groups excluding tert-OH is 1. The van der Waals surface area contributed by atoms with Gasteiger partial charge in [0, 0.05) is 45.6 Å². The summed E-state index contributed by atoms with van der Waals surface area (Å²) < 4.78 is 46.4. The molecule has 1 heterocycles. The summed E-state index contributed by atoms with van der Waals surface area (Å²) in [5.41, 5.74) is 0.544. The number of ether oxygens (including phenoxy) is 1. The van der Waals surface area contributed by atoms with E-state index in [1.54, 1.807) is 18.2 Å². The van der Waals surface area contributed by atoms with Crippen LogP contribution in [0.25, 0.3) is 22.0 Å². The zero-order valence-corrected chi connectivity index (χ0v) is 18.0. The second kappa shape index (κ2) is 9.29. The van der Waals surface area contributed by atoms with Gasteiger partial charge in [-0.3, -0.25) is 4.79 Å². The van der Waals surface area contributed by atoms with E-state index in [4.69, 9.17) is 16.3 Å². The fourth-order valence-corrected chi connectivity index (χ4v) is 3.90. The Morgan fingerprint density at radius 3 is 2.45 bits per heavy atom. The van der Waals surface area contributed by atoms with Crippen LogP contribution in [0.4, 0.5) is 13.2 Å². The smallest absolute Gasteiger partial charge is 0.416 e. The number of benzene rings is 3. The molecular weight excluding hydrogens is 455 g/mol. The summed E-state index contributed by atoms with van der Waals surface area (Å²) in [7, 11) is 0. The lowest BCUT2D eigenvalue weighted by Gasteiger charge is -2.18. The molecule has 0 bridgehead atoms. The summed E-state index contributed by atoms with van der Waals surface area (Å²) in [5, 5.41) is 10.1. The van der Waals surface area contributed by atoms with Gasteiger partial charge in [0.1, 0.15) is 12.4 Å². The molecular formula is C25H19ClF3NO3. The van der Waals surface area contributed by atoms with Crippen molar-refractivity contribution < 1.29 is 23.0 Å². The van der Waals surface area contributed by atoms with E-state index in [-0.39, 0.29) is 41.7 Å². The van der Waals surface area contributed by atoms with Crippen LogP contribution >= 0.6 is 11.6 Å². The molecule has 8 heteroatoms. The van der Waals surface area contributed by atoms with E-state index in [9.17, 15) is 23.1 Å². The predicted molar refractivity (Wildman–Crippen MR) is 122 cm³/mol. The maximum atomic E-state index is 13.5. The Morgan fingerprint density at radius 1 is 1.00 bits per heavy atom. The van der Waals surface area contributed by atoms with Gasteiger partial charge in [-0.25, -0.2) is 0 Å². The van der Waals surface area contributed by atoms with Gasteiger partial charge in [0.05, 0.1) is 5.56 Å². The van der Waals surface area contributed by atoms with Gasteiger partial charge in [0.15, 0.2) is 0 Å². The number of pyridine rings is 1. The summed E-state index contributed by atoms with van der Waals surface area (Å²) >= 11 is 6.24. The molecule has 3 aromatic carbocycles. The van der Waals surface area contributed by atoms with Gasteiger partial charge in [0.25, 0.3) is 5.56 Å². The Kier molecular flexibility index (Phi) is 6.44. The third-order valence-corrected chi connectivity index (χ3v) is 5.49. The number of halogens is 4. The molecule has 0 saturated carbocycles. The molecule has 170 valence electrons. The lowest BCUT2D eigenvalue weighted by molar-refractivity contribution is -0.137. The molecule has 0 fully saturated rings. The lowest BCUT2D eigenvalue weighted by Crippen LogP contribution is -2.17. The van der Waals surface area contributed by atoms with Crippen LogP contribution in [0.1, 0.15) is 16.7 Å². The van der Waals surface area contributed by atoms with Gasteiger partial charge in [-0.05, 0) is 42.0 Å². The van der Waals surface area contributed by atoms with Crippen LogP contribution in [-0.4, -0.2) is 16.7 Å². The third kappa shape index (κ3) is 4.89. The molecule has 4 nitrogen and oxygen atoms in total. The van der Waals surface area contributed by atoms with E-state index < -0.39 is 17.3 Å². The van der Waals surface area contributed by atoms with Crippen LogP contribution in [0.2, 0.25) is 5.02 Å². The fourth-order valence-electron chi connectivity index (χ4n) is 3.73. The van der Waals surface area contributed by atoms with E-state index in [0.717, 1.165) is 17.7 Å². The average molecular weight is 474 g/mol. The normalized spacial score (nSPS) is 11.7.